The lowest BCUT2D eigenvalue weighted by atomic mass is 9.98. The molecule has 2 aliphatic heterocycles. The number of guanidine groups is 2. The SMILES string of the molecule is N=C(N)N1CC=C(c2ccc(-c3nnc(-c4ccc(C5=CCN(C(=N)N)CC5)cc4F)o3)c(F)c2)CC1. The molecule has 3 heterocycles. The standard InChI is InChI=1S/C26H26F2N8O/c27-21-13-17(15-5-9-35(10-6-15)25(29)30)1-3-19(21)23-33-34-24(37-23)20-4-2-18(14-22(20)28)16-7-11-36(12-8-16)26(31)32/h1-5,7,13-14H,6,8-12H2,(H3,29,30)(H3,31,32). The minimum atomic E-state index is -0.526. The van der Waals surface area contributed by atoms with Gasteiger partial charge in [-0.3, -0.25) is 10.8 Å². The first-order chi connectivity index (χ1) is 17.8. The van der Waals surface area contributed by atoms with Crippen LogP contribution in [-0.2, 0) is 0 Å². The molecule has 0 saturated carbocycles. The largest absolute Gasteiger partial charge is 0.416 e. The topological polar surface area (TPSA) is 145 Å². The Balaban J connectivity index is 1.33. The van der Waals surface area contributed by atoms with Crippen LogP contribution >= 0.6 is 0 Å². The molecule has 0 radical (unpaired) electrons. The van der Waals surface area contributed by atoms with Gasteiger partial charge in [0.25, 0.3) is 11.8 Å². The second-order valence-corrected chi connectivity index (χ2v) is 8.92. The monoisotopic (exact) mass is 504 g/mol. The molecule has 0 atom stereocenters. The lowest BCUT2D eigenvalue weighted by Crippen LogP contribution is -2.39. The number of nitrogens with one attached hydrogen (secondary N) is 2. The van der Waals surface area contributed by atoms with Gasteiger partial charge in [-0.05, 0) is 59.4 Å². The maximum absolute atomic E-state index is 15.0. The highest BCUT2D eigenvalue weighted by Crippen LogP contribution is 2.32. The van der Waals surface area contributed by atoms with E-state index in [0.29, 0.717) is 39.0 Å². The van der Waals surface area contributed by atoms with Crippen molar-refractivity contribution in [3.05, 3.63) is 71.3 Å². The van der Waals surface area contributed by atoms with E-state index in [2.05, 4.69) is 10.2 Å². The summed E-state index contributed by atoms with van der Waals surface area (Å²) in [6, 6.07) is 9.51. The van der Waals surface area contributed by atoms with E-state index in [0.717, 1.165) is 22.3 Å². The van der Waals surface area contributed by atoms with Crippen LogP contribution in [-0.4, -0.2) is 58.1 Å². The van der Waals surface area contributed by atoms with Gasteiger partial charge >= 0.3 is 0 Å². The van der Waals surface area contributed by atoms with Crippen LogP contribution in [0.5, 0.6) is 0 Å². The van der Waals surface area contributed by atoms with Crippen molar-refractivity contribution >= 4 is 23.1 Å². The summed E-state index contributed by atoms with van der Waals surface area (Å²) < 4.78 is 35.6. The maximum atomic E-state index is 15.0. The molecule has 0 aliphatic carbocycles. The molecule has 3 aromatic rings. The summed E-state index contributed by atoms with van der Waals surface area (Å²) in [4.78, 5) is 3.46. The third-order valence-electron chi connectivity index (χ3n) is 6.67. The Labute approximate surface area is 212 Å². The molecule has 0 bridgehead atoms. The van der Waals surface area contributed by atoms with Crippen molar-refractivity contribution in [1.82, 2.24) is 20.0 Å². The second kappa shape index (κ2) is 9.84. The highest BCUT2D eigenvalue weighted by molar-refractivity contribution is 5.78. The van der Waals surface area contributed by atoms with Gasteiger partial charge in [-0.25, -0.2) is 8.78 Å². The number of hydrogen-bond acceptors (Lipinski definition) is 5. The van der Waals surface area contributed by atoms with Gasteiger partial charge in [-0.1, -0.05) is 24.3 Å². The number of halogens is 2. The molecule has 1 aromatic heterocycles. The minimum Gasteiger partial charge on any atom is -0.416 e. The molecule has 0 fully saturated rings. The van der Waals surface area contributed by atoms with Gasteiger partial charge in [0.2, 0.25) is 0 Å². The molecular formula is C26H26F2N8O. The van der Waals surface area contributed by atoms with Crippen LogP contribution in [0.2, 0.25) is 0 Å². The molecule has 0 amide bonds. The summed E-state index contributed by atoms with van der Waals surface area (Å²) in [5.41, 5.74) is 14.7. The van der Waals surface area contributed by atoms with Crippen LogP contribution in [0.4, 0.5) is 8.78 Å². The van der Waals surface area contributed by atoms with Crippen LogP contribution in [0, 0.1) is 22.5 Å². The van der Waals surface area contributed by atoms with Gasteiger partial charge in [0.15, 0.2) is 11.9 Å². The van der Waals surface area contributed by atoms with E-state index in [1.807, 2.05) is 12.2 Å². The third kappa shape index (κ3) is 4.92. The van der Waals surface area contributed by atoms with E-state index < -0.39 is 11.6 Å². The summed E-state index contributed by atoms with van der Waals surface area (Å²) >= 11 is 0. The van der Waals surface area contributed by atoms with Gasteiger partial charge in [0, 0.05) is 26.2 Å². The van der Waals surface area contributed by atoms with Crippen LogP contribution in [0.3, 0.4) is 0 Å². The summed E-state index contributed by atoms with van der Waals surface area (Å²) in [6.45, 7) is 2.19. The Kier molecular flexibility index (Phi) is 6.43. The molecule has 2 aliphatic rings. The predicted molar refractivity (Wildman–Crippen MR) is 137 cm³/mol. The Morgan fingerprint density at radius 1 is 0.757 bits per heavy atom. The fourth-order valence-corrected chi connectivity index (χ4v) is 4.52. The van der Waals surface area contributed by atoms with Gasteiger partial charge in [-0.15, -0.1) is 10.2 Å². The number of nitrogens with two attached hydrogens (primary N) is 2. The predicted octanol–water partition coefficient (Wildman–Crippen LogP) is 3.65. The Bertz CT molecular complexity index is 1340. The molecule has 11 heteroatoms. The van der Waals surface area contributed by atoms with Crippen molar-refractivity contribution in [1.29, 1.82) is 10.8 Å². The lowest BCUT2D eigenvalue weighted by Gasteiger charge is -2.26. The fourth-order valence-electron chi connectivity index (χ4n) is 4.52. The third-order valence-corrected chi connectivity index (χ3v) is 6.67. The summed E-state index contributed by atoms with van der Waals surface area (Å²) in [5, 5.41) is 22.9. The number of nitrogens with zero attached hydrogens (tertiary/aromatic N) is 4. The van der Waals surface area contributed by atoms with Crippen molar-refractivity contribution in [2.45, 2.75) is 12.8 Å². The van der Waals surface area contributed by atoms with E-state index in [4.69, 9.17) is 26.7 Å². The van der Waals surface area contributed by atoms with Crippen LogP contribution in [0.15, 0.2) is 53.0 Å². The van der Waals surface area contributed by atoms with E-state index >= 15 is 0 Å². The molecule has 2 aromatic carbocycles. The first-order valence-electron chi connectivity index (χ1n) is 11.8. The van der Waals surface area contributed by atoms with Gasteiger partial charge in [0.05, 0.1) is 11.1 Å². The smallest absolute Gasteiger partial charge is 0.251 e. The van der Waals surface area contributed by atoms with Crippen molar-refractivity contribution in [2.24, 2.45) is 11.5 Å². The molecule has 9 nitrogen and oxygen atoms in total. The molecule has 190 valence electrons. The molecular weight excluding hydrogens is 478 g/mol. The first kappa shape index (κ1) is 24.2. The van der Waals surface area contributed by atoms with E-state index in [1.54, 1.807) is 34.1 Å². The highest BCUT2D eigenvalue weighted by atomic mass is 19.1. The Hall–Kier alpha value is -4.54. The van der Waals surface area contributed by atoms with Crippen molar-refractivity contribution in [3.8, 4) is 22.9 Å². The highest BCUT2D eigenvalue weighted by Gasteiger charge is 2.20. The molecule has 6 N–H and O–H groups in total. The zero-order chi connectivity index (χ0) is 26.1. The second-order valence-electron chi connectivity index (χ2n) is 8.92. The van der Waals surface area contributed by atoms with Crippen molar-refractivity contribution in [3.63, 3.8) is 0 Å². The summed E-state index contributed by atoms with van der Waals surface area (Å²) in [7, 11) is 0. The minimum absolute atomic E-state index is 0.0159. The van der Waals surface area contributed by atoms with E-state index in [1.165, 1.54) is 12.1 Å². The zero-order valence-corrected chi connectivity index (χ0v) is 20.0. The number of benzene rings is 2. The molecule has 0 spiro atoms. The normalized spacial score (nSPS) is 15.8. The van der Waals surface area contributed by atoms with Gasteiger partial charge < -0.3 is 25.7 Å². The summed E-state index contributed by atoms with van der Waals surface area (Å²) in [6.07, 6.45) is 5.15. The molecule has 0 unspecified atom stereocenters. The van der Waals surface area contributed by atoms with Crippen molar-refractivity contribution < 1.29 is 13.2 Å². The summed E-state index contributed by atoms with van der Waals surface area (Å²) in [5.74, 6) is -1.10. The average Bonchev–Trinajstić information content (AvgIpc) is 3.38. The maximum Gasteiger partial charge on any atom is 0.251 e. The van der Waals surface area contributed by atoms with Gasteiger partial charge in [-0.2, -0.15) is 0 Å². The van der Waals surface area contributed by atoms with Crippen molar-refractivity contribution in [2.75, 3.05) is 26.2 Å². The van der Waals surface area contributed by atoms with Crippen LogP contribution in [0.25, 0.3) is 34.1 Å². The number of aromatic nitrogens is 2. The fraction of sp³-hybridized carbons (Fsp3) is 0.231. The van der Waals surface area contributed by atoms with E-state index in [9.17, 15) is 8.78 Å². The Morgan fingerprint density at radius 3 is 1.51 bits per heavy atom. The Morgan fingerprint density at radius 2 is 1.19 bits per heavy atom. The van der Waals surface area contributed by atoms with Crippen LogP contribution in [0.1, 0.15) is 24.0 Å². The number of hydrogen-bond donors (Lipinski definition) is 4. The lowest BCUT2D eigenvalue weighted by molar-refractivity contribution is 0.451. The molecule has 0 saturated heterocycles. The first-order valence-corrected chi connectivity index (χ1v) is 11.8. The van der Waals surface area contributed by atoms with E-state index in [-0.39, 0.29) is 34.8 Å². The average molecular weight is 505 g/mol. The molecule has 5 rings (SSSR count). The number of rotatable bonds is 4. The zero-order valence-electron chi connectivity index (χ0n) is 20.0. The van der Waals surface area contributed by atoms with Gasteiger partial charge in [0.1, 0.15) is 11.6 Å². The quantitative estimate of drug-likeness (QED) is 0.313. The molecule has 37 heavy (non-hydrogen) atoms. The van der Waals surface area contributed by atoms with Crippen LogP contribution < -0.4 is 11.5 Å².